The molecule has 1 saturated heterocycles. The molecule has 0 bridgehead atoms. The maximum Gasteiger partial charge on any atom is 0.241 e. The van der Waals surface area contributed by atoms with Crippen molar-refractivity contribution >= 4 is 0 Å². The van der Waals surface area contributed by atoms with Gasteiger partial charge in [-0.05, 0) is 50.6 Å². The number of nitrogens with zero attached hydrogens (tertiary/aromatic N) is 3. The van der Waals surface area contributed by atoms with E-state index in [1.165, 1.54) is 12.8 Å². The lowest BCUT2D eigenvalue weighted by molar-refractivity contribution is -0.00382. The first-order valence-corrected chi connectivity index (χ1v) is 8.02. The molecule has 1 aliphatic rings. The molecule has 1 aromatic carbocycles. The smallest absolute Gasteiger partial charge is 0.241 e. The summed E-state index contributed by atoms with van der Waals surface area (Å²) in [5.74, 6) is 2.03. The standard InChI is InChI=1S/C17H23N3O3/c1-20(11-15-5-3-4-10-22-15)12-16-18-17(19-23-16)13-6-8-14(21-2)9-7-13/h6-9,15H,3-5,10-12H2,1-2H3/t15-/m0/s1. The van der Waals surface area contributed by atoms with Gasteiger partial charge in [-0.3, -0.25) is 4.90 Å². The van der Waals surface area contributed by atoms with Crippen LogP contribution >= 0.6 is 0 Å². The topological polar surface area (TPSA) is 60.6 Å². The molecule has 6 heteroatoms. The van der Waals surface area contributed by atoms with Crippen molar-refractivity contribution in [1.29, 1.82) is 0 Å². The van der Waals surface area contributed by atoms with Gasteiger partial charge in [-0.15, -0.1) is 0 Å². The molecule has 1 aliphatic heterocycles. The van der Waals surface area contributed by atoms with Crippen molar-refractivity contribution in [1.82, 2.24) is 15.0 Å². The van der Waals surface area contributed by atoms with E-state index in [2.05, 4.69) is 22.1 Å². The average molecular weight is 317 g/mol. The van der Waals surface area contributed by atoms with E-state index in [9.17, 15) is 0 Å². The molecule has 1 aromatic heterocycles. The molecule has 0 amide bonds. The van der Waals surface area contributed by atoms with E-state index in [1.807, 2.05) is 24.3 Å². The number of rotatable bonds is 6. The molecule has 0 aliphatic carbocycles. The minimum atomic E-state index is 0.317. The first-order valence-electron chi connectivity index (χ1n) is 8.02. The fourth-order valence-electron chi connectivity index (χ4n) is 2.77. The van der Waals surface area contributed by atoms with Gasteiger partial charge in [0.2, 0.25) is 11.7 Å². The van der Waals surface area contributed by atoms with E-state index < -0.39 is 0 Å². The highest BCUT2D eigenvalue weighted by atomic mass is 16.5. The van der Waals surface area contributed by atoms with E-state index in [1.54, 1.807) is 7.11 Å². The summed E-state index contributed by atoms with van der Waals surface area (Å²) in [5.41, 5.74) is 0.916. The Morgan fingerprint density at radius 1 is 1.26 bits per heavy atom. The first-order chi connectivity index (χ1) is 11.2. The zero-order valence-corrected chi connectivity index (χ0v) is 13.7. The lowest BCUT2D eigenvalue weighted by atomic mass is 10.1. The largest absolute Gasteiger partial charge is 0.497 e. The normalized spacial score (nSPS) is 18.3. The van der Waals surface area contributed by atoms with Crippen LogP contribution in [0.1, 0.15) is 25.2 Å². The first kappa shape index (κ1) is 16.0. The number of hydrogen-bond donors (Lipinski definition) is 0. The quantitative estimate of drug-likeness (QED) is 0.816. The summed E-state index contributed by atoms with van der Waals surface area (Å²) < 4.78 is 16.3. The maximum absolute atomic E-state index is 5.76. The third-order valence-corrected chi connectivity index (χ3v) is 4.01. The van der Waals surface area contributed by atoms with Crippen molar-refractivity contribution in [3.8, 4) is 17.1 Å². The maximum atomic E-state index is 5.76. The molecule has 0 unspecified atom stereocenters. The monoisotopic (exact) mass is 317 g/mol. The Bertz CT molecular complexity index is 606. The number of benzene rings is 1. The van der Waals surface area contributed by atoms with E-state index in [0.29, 0.717) is 24.4 Å². The fraction of sp³-hybridized carbons (Fsp3) is 0.529. The van der Waals surface area contributed by atoms with Crippen LogP contribution < -0.4 is 4.74 Å². The minimum Gasteiger partial charge on any atom is -0.497 e. The van der Waals surface area contributed by atoms with E-state index in [-0.39, 0.29) is 0 Å². The highest BCUT2D eigenvalue weighted by Crippen LogP contribution is 2.20. The summed E-state index contributed by atoms with van der Waals surface area (Å²) in [4.78, 5) is 6.64. The number of ether oxygens (including phenoxy) is 2. The second kappa shape index (κ2) is 7.57. The molecule has 2 aromatic rings. The van der Waals surface area contributed by atoms with Crippen LogP contribution in [0.15, 0.2) is 28.8 Å². The Labute approximate surface area is 136 Å². The Morgan fingerprint density at radius 2 is 2.09 bits per heavy atom. The molecule has 3 rings (SSSR count). The summed E-state index contributed by atoms with van der Waals surface area (Å²) in [7, 11) is 3.70. The highest BCUT2D eigenvalue weighted by molar-refractivity contribution is 5.55. The van der Waals surface area contributed by atoms with E-state index >= 15 is 0 Å². The molecule has 6 nitrogen and oxygen atoms in total. The van der Waals surface area contributed by atoms with Crippen LogP contribution in [-0.4, -0.2) is 48.5 Å². The molecule has 1 fully saturated rings. The van der Waals surface area contributed by atoms with Crippen LogP contribution in [0.5, 0.6) is 5.75 Å². The Kier molecular flexibility index (Phi) is 5.25. The van der Waals surface area contributed by atoms with Crippen LogP contribution in [0.4, 0.5) is 0 Å². The Hall–Kier alpha value is -1.92. The number of hydrogen-bond acceptors (Lipinski definition) is 6. The van der Waals surface area contributed by atoms with Gasteiger partial charge in [0.25, 0.3) is 0 Å². The summed E-state index contributed by atoms with van der Waals surface area (Å²) in [6.07, 6.45) is 3.87. The average Bonchev–Trinajstić information content (AvgIpc) is 3.04. The van der Waals surface area contributed by atoms with Gasteiger partial charge in [0.1, 0.15) is 5.75 Å². The van der Waals surface area contributed by atoms with Gasteiger partial charge in [0.05, 0.1) is 19.8 Å². The van der Waals surface area contributed by atoms with E-state index in [4.69, 9.17) is 14.0 Å². The van der Waals surface area contributed by atoms with Gasteiger partial charge in [0.15, 0.2) is 0 Å². The molecule has 124 valence electrons. The molecule has 0 saturated carbocycles. The minimum absolute atomic E-state index is 0.317. The van der Waals surface area contributed by atoms with Gasteiger partial charge in [-0.2, -0.15) is 4.98 Å². The lowest BCUT2D eigenvalue weighted by Gasteiger charge is -2.26. The van der Waals surface area contributed by atoms with Gasteiger partial charge in [-0.25, -0.2) is 0 Å². The molecular formula is C17H23N3O3. The van der Waals surface area contributed by atoms with Crippen molar-refractivity contribution in [2.45, 2.75) is 31.9 Å². The molecule has 0 radical (unpaired) electrons. The Morgan fingerprint density at radius 3 is 2.78 bits per heavy atom. The fourth-order valence-corrected chi connectivity index (χ4v) is 2.77. The van der Waals surface area contributed by atoms with Crippen LogP contribution in [-0.2, 0) is 11.3 Å². The van der Waals surface area contributed by atoms with Crippen LogP contribution in [0.2, 0.25) is 0 Å². The van der Waals surface area contributed by atoms with Crippen LogP contribution in [0.25, 0.3) is 11.4 Å². The van der Waals surface area contributed by atoms with Gasteiger partial charge < -0.3 is 14.0 Å². The van der Waals surface area contributed by atoms with Gasteiger partial charge in [-0.1, -0.05) is 5.16 Å². The van der Waals surface area contributed by atoms with Crippen molar-refractivity contribution in [2.24, 2.45) is 0 Å². The lowest BCUT2D eigenvalue weighted by Crippen LogP contribution is -2.33. The molecule has 0 N–H and O–H groups in total. The predicted octanol–water partition coefficient (Wildman–Crippen LogP) is 2.75. The SMILES string of the molecule is COc1ccc(-c2noc(CN(C)C[C@@H]3CCCCO3)n2)cc1. The molecular weight excluding hydrogens is 294 g/mol. The van der Waals surface area contributed by atoms with Crippen molar-refractivity contribution in [3.05, 3.63) is 30.2 Å². The van der Waals surface area contributed by atoms with E-state index in [0.717, 1.165) is 30.9 Å². The van der Waals surface area contributed by atoms with Crippen LogP contribution in [0, 0.1) is 0 Å². The summed E-state index contributed by atoms with van der Waals surface area (Å²) in [6, 6.07) is 7.62. The predicted molar refractivity (Wildman–Crippen MR) is 86.2 cm³/mol. The van der Waals surface area contributed by atoms with Crippen LogP contribution in [0.3, 0.4) is 0 Å². The van der Waals surface area contributed by atoms with Crippen molar-refractivity contribution in [2.75, 3.05) is 27.3 Å². The van der Waals surface area contributed by atoms with Crippen molar-refractivity contribution < 1.29 is 14.0 Å². The number of likely N-dealkylation sites (N-methyl/N-ethyl adjacent to an activating group) is 1. The van der Waals surface area contributed by atoms with Crippen molar-refractivity contribution in [3.63, 3.8) is 0 Å². The molecule has 23 heavy (non-hydrogen) atoms. The summed E-state index contributed by atoms with van der Waals surface area (Å²) in [6.45, 7) is 2.39. The number of aromatic nitrogens is 2. The Balaban J connectivity index is 1.57. The zero-order chi connectivity index (χ0) is 16.1. The zero-order valence-electron chi connectivity index (χ0n) is 13.7. The highest BCUT2D eigenvalue weighted by Gasteiger charge is 2.17. The molecule has 0 spiro atoms. The van der Waals surface area contributed by atoms with Gasteiger partial charge >= 0.3 is 0 Å². The summed E-state index contributed by atoms with van der Waals surface area (Å²) in [5, 5.41) is 4.06. The second-order valence-electron chi connectivity index (χ2n) is 5.93. The second-order valence-corrected chi connectivity index (χ2v) is 5.93. The van der Waals surface area contributed by atoms with Gasteiger partial charge in [0, 0.05) is 18.7 Å². The third-order valence-electron chi connectivity index (χ3n) is 4.01. The number of methoxy groups -OCH3 is 1. The third kappa shape index (κ3) is 4.30. The molecule has 1 atom stereocenters. The summed E-state index contributed by atoms with van der Waals surface area (Å²) >= 11 is 0. The molecule has 2 heterocycles.